The molecule has 2 rings (SSSR count). The molecule has 1 fully saturated rings. The van der Waals surface area contributed by atoms with Crippen LogP contribution in [0.1, 0.15) is 24.0 Å². The highest BCUT2D eigenvalue weighted by Crippen LogP contribution is 2.58. The molecule has 1 aliphatic carbocycles. The second kappa shape index (κ2) is 3.61. The molecule has 0 N–H and O–H groups in total. The zero-order valence-corrected chi connectivity index (χ0v) is 8.55. The van der Waals surface area contributed by atoms with E-state index in [1.807, 2.05) is 0 Å². The van der Waals surface area contributed by atoms with Crippen LogP contribution in [0.2, 0.25) is 0 Å². The van der Waals surface area contributed by atoms with Gasteiger partial charge in [-0.15, -0.1) is 0 Å². The van der Waals surface area contributed by atoms with Gasteiger partial charge in [-0.05, 0) is 24.0 Å². The van der Waals surface area contributed by atoms with E-state index in [4.69, 9.17) is 0 Å². The molecule has 0 saturated heterocycles. The Kier molecular flexibility index (Phi) is 2.52. The summed E-state index contributed by atoms with van der Waals surface area (Å²) in [5, 5.41) is 0. The van der Waals surface area contributed by atoms with Gasteiger partial charge in [0.2, 0.25) is 0 Å². The molecule has 1 aromatic carbocycles. The van der Waals surface area contributed by atoms with Crippen molar-refractivity contribution in [2.45, 2.75) is 30.9 Å². The minimum absolute atomic E-state index is 0.170. The van der Waals surface area contributed by atoms with Crippen LogP contribution in [0, 0.1) is 0 Å². The summed E-state index contributed by atoms with van der Waals surface area (Å²) in [6.45, 7) is 0. The molecule has 0 aromatic heterocycles. The smallest absolute Gasteiger partial charge is 0.303 e. The van der Waals surface area contributed by atoms with Crippen LogP contribution < -0.4 is 0 Å². The topological polar surface area (TPSA) is 17.1 Å². The molecule has 0 unspecified atom stereocenters. The van der Waals surface area contributed by atoms with Crippen LogP contribution in [0.15, 0.2) is 24.3 Å². The highest BCUT2D eigenvalue weighted by molar-refractivity contribution is 5.55. The predicted octanol–water partition coefficient (Wildman–Crippen LogP) is 3.02. The molecule has 1 aliphatic rings. The van der Waals surface area contributed by atoms with Gasteiger partial charge in [-0.3, -0.25) is 0 Å². The van der Waals surface area contributed by atoms with Gasteiger partial charge in [0.15, 0.2) is 0 Å². The lowest BCUT2D eigenvalue weighted by Crippen LogP contribution is -2.28. The third-order valence-corrected chi connectivity index (χ3v) is 3.12. The molecule has 0 heterocycles. The van der Waals surface area contributed by atoms with Crippen molar-refractivity contribution >= 4 is 6.29 Å². The molecule has 0 atom stereocenters. The van der Waals surface area contributed by atoms with Gasteiger partial charge in [-0.2, -0.15) is 13.2 Å². The van der Waals surface area contributed by atoms with Gasteiger partial charge < -0.3 is 4.79 Å². The SMILES string of the molecule is O=CCc1ccc(C2(C(F)(F)F)CC2)cc1. The first kappa shape index (κ1) is 11.2. The molecule has 1 aromatic rings. The molecule has 4 heteroatoms. The molecule has 0 spiro atoms. The molecule has 86 valence electrons. The van der Waals surface area contributed by atoms with Crippen molar-refractivity contribution in [2.75, 3.05) is 0 Å². The number of halogens is 3. The van der Waals surface area contributed by atoms with Gasteiger partial charge in [0, 0.05) is 6.42 Å². The lowest BCUT2D eigenvalue weighted by atomic mass is 9.94. The molecule has 1 nitrogen and oxygen atoms in total. The lowest BCUT2D eigenvalue weighted by Gasteiger charge is -2.19. The van der Waals surface area contributed by atoms with E-state index in [1.165, 1.54) is 12.1 Å². The molecular weight excluding hydrogens is 217 g/mol. The van der Waals surface area contributed by atoms with Crippen molar-refractivity contribution in [1.82, 2.24) is 0 Å². The first-order valence-electron chi connectivity index (χ1n) is 5.09. The Hall–Kier alpha value is -1.32. The maximum absolute atomic E-state index is 12.8. The average Bonchev–Trinajstić information content (AvgIpc) is 2.99. The van der Waals surface area contributed by atoms with Crippen LogP contribution in [0.25, 0.3) is 0 Å². The predicted molar refractivity (Wildman–Crippen MR) is 53.2 cm³/mol. The first-order chi connectivity index (χ1) is 7.49. The van der Waals surface area contributed by atoms with Crippen molar-refractivity contribution in [2.24, 2.45) is 0 Å². The third kappa shape index (κ3) is 1.72. The van der Waals surface area contributed by atoms with Crippen molar-refractivity contribution in [3.8, 4) is 0 Å². The van der Waals surface area contributed by atoms with Crippen LogP contribution >= 0.6 is 0 Å². The van der Waals surface area contributed by atoms with E-state index in [9.17, 15) is 18.0 Å². The van der Waals surface area contributed by atoms with Crippen LogP contribution in [0.3, 0.4) is 0 Å². The van der Waals surface area contributed by atoms with Crippen LogP contribution in [0.5, 0.6) is 0 Å². The molecule has 0 amide bonds. The van der Waals surface area contributed by atoms with E-state index in [0.717, 1.165) is 11.8 Å². The van der Waals surface area contributed by atoms with Crippen molar-refractivity contribution < 1.29 is 18.0 Å². The summed E-state index contributed by atoms with van der Waals surface area (Å²) in [4.78, 5) is 10.2. The van der Waals surface area contributed by atoms with Gasteiger partial charge in [-0.1, -0.05) is 24.3 Å². The zero-order chi connectivity index (χ0) is 11.8. The summed E-state index contributed by atoms with van der Waals surface area (Å²) in [7, 11) is 0. The Balaban J connectivity index is 2.26. The third-order valence-electron chi connectivity index (χ3n) is 3.12. The fraction of sp³-hybridized carbons (Fsp3) is 0.417. The van der Waals surface area contributed by atoms with Crippen molar-refractivity contribution in [3.05, 3.63) is 35.4 Å². The monoisotopic (exact) mass is 228 g/mol. The van der Waals surface area contributed by atoms with E-state index >= 15 is 0 Å². The summed E-state index contributed by atoms with van der Waals surface area (Å²) in [6, 6.07) is 6.16. The molecule has 1 saturated carbocycles. The van der Waals surface area contributed by atoms with E-state index in [2.05, 4.69) is 0 Å². The van der Waals surface area contributed by atoms with E-state index in [1.54, 1.807) is 12.1 Å². The quantitative estimate of drug-likeness (QED) is 0.727. The zero-order valence-electron chi connectivity index (χ0n) is 8.55. The highest BCUT2D eigenvalue weighted by atomic mass is 19.4. The van der Waals surface area contributed by atoms with E-state index < -0.39 is 11.6 Å². The number of hydrogen-bond donors (Lipinski definition) is 0. The number of aldehydes is 1. The van der Waals surface area contributed by atoms with Gasteiger partial charge in [0.05, 0.1) is 5.41 Å². The first-order valence-corrected chi connectivity index (χ1v) is 5.09. The number of hydrogen-bond acceptors (Lipinski definition) is 1. The van der Waals surface area contributed by atoms with Gasteiger partial charge in [0.1, 0.15) is 6.29 Å². The molecule has 0 aliphatic heterocycles. The second-order valence-electron chi connectivity index (χ2n) is 4.15. The number of carbonyl (C=O) groups excluding carboxylic acids is 1. The molecule has 0 radical (unpaired) electrons. The molecule has 0 bridgehead atoms. The Morgan fingerprint density at radius 1 is 1.19 bits per heavy atom. The number of alkyl halides is 3. The number of carbonyl (C=O) groups is 1. The highest BCUT2D eigenvalue weighted by Gasteiger charge is 2.64. The minimum Gasteiger partial charge on any atom is -0.303 e. The normalized spacial score (nSPS) is 18.2. The average molecular weight is 228 g/mol. The summed E-state index contributed by atoms with van der Waals surface area (Å²) in [5.74, 6) is 0. The maximum Gasteiger partial charge on any atom is 0.398 e. The van der Waals surface area contributed by atoms with Crippen molar-refractivity contribution in [3.63, 3.8) is 0 Å². The lowest BCUT2D eigenvalue weighted by molar-refractivity contribution is -0.160. The number of benzene rings is 1. The summed E-state index contributed by atoms with van der Waals surface area (Å²) >= 11 is 0. The fourth-order valence-corrected chi connectivity index (χ4v) is 1.92. The van der Waals surface area contributed by atoms with Gasteiger partial charge in [0.25, 0.3) is 0 Å². The Morgan fingerprint density at radius 3 is 2.12 bits per heavy atom. The Morgan fingerprint density at radius 2 is 1.75 bits per heavy atom. The molecule has 16 heavy (non-hydrogen) atoms. The summed E-state index contributed by atoms with van der Waals surface area (Å²) in [5.41, 5.74) is -0.557. The Bertz CT molecular complexity index is 388. The van der Waals surface area contributed by atoms with Crippen molar-refractivity contribution in [1.29, 1.82) is 0 Å². The summed E-state index contributed by atoms with van der Waals surface area (Å²) < 4.78 is 38.3. The largest absolute Gasteiger partial charge is 0.398 e. The maximum atomic E-state index is 12.8. The van der Waals surface area contributed by atoms with Gasteiger partial charge in [-0.25, -0.2) is 0 Å². The second-order valence-corrected chi connectivity index (χ2v) is 4.15. The summed E-state index contributed by atoms with van der Waals surface area (Å²) in [6.07, 6.45) is -2.84. The number of rotatable bonds is 3. The van der Waals surface area contributed by atoms with Gasteiger partial charge >= 0.3 is 6.18 Å². The standard InChI is InChI=1S/C12H11F3O/c13-12(14,15)11(6-7-11)10-3-1-9(2-4-10)5-8-16/h1-4,8H,5-7H2. The van der Waals surface area contributed by atoms with E-state index in [0.29, 0.717) is 5.56 Å². The van der Waals surface area contributed by atoms with Crippen LogP contribution in [-0.4, -0.2) is 12.5 Å². The fourth-order valence-electron chi connectivity index (χ4n) is 1.92. The minimum atomic E-state index is -4.17. The Labute approximate surface area is 91.3 Å². The van der Waals surface area contributed by atoms with Crippen LogP contribution in [-0.2, 0) is 16.6 Å². The molecular formula is C12H11F3O. The van der Waals surface area contributed by atoms with Crippen LogP contribution in [0.4, 0.5) is 13.2 Å². The van der Waals surface area contributed by atoms with E-state index in [-0.39, 0.29) is 19.3 Å².